The molecule has 0 aliphatic carbocycles. The summed E-state index contributed by atoms with van der Waals surface area (Å²) in [4.78, 5) is 12.7. The Morgan fingerprint density at radius 2 is 2.00 bits per heavy atom. The SMILES string of the molecule is CCCNc1cc(Nc2cccc3ccncc23)ncn1. The summed E-state index contributed by atoms with van der Waals surface area (Å²) in [6.45, 7) is 3.02. The van der Waals surface area contributed by atoms with Gasteiger partial charge < -0.3 is 10.6 Å². The van der Waals surface area contributed by atoms with Crippen LogP contribution in [-0.4, -0.2) is 21.5 Å². The molecule has 5 nitrogen and oxygen atoms in total. The molecule has 3 rings (SSSR count). The molecule has 5 heteroatoms. The zero-order valence-electron chi connectivity index (χ0n) is 11.9. The summed E-state index contributed by atoms with van der Waals surface area (Å²) in [6.07, 6.45) is 6.27. The molecular weight excluding hydrogens is 262 g/mol. The van der Waals surface area contributed by atoms with Crippen molar-refractivity contribution < 1.29 is 0 Å². The van der Waals surface area contributed by atoms with Crippen LogP contribution < -0.4 is 10.6 Å². The Balaban J connectivity index is 1.88. The van der Waals surface area contributed by atoms with Crippen LogP contribution in [-0.2, 0) is 0 Å². The molecule has 106 valence electrons. The number of rotatable bonds is 5. The van der Waals surface area contributed by atoms with Crippen LogP contribution in [0, 0.1) is 0 Å². The number of pyridine rings is 1. The molecule has 2 aromatic heterocycles. The zero-order valence-corrected chi connectivity index (χ0v) is 11.9. The van der Waals surface area contributed by atoms with E-state index in [9.17, 15) is 0 Å². The number of nitrogens with zero attached hydrogens (tertiary/aromatic N) is 3. The van der Waals surface area contributed by atoms with Gasteiger partial charge in [-0.15, -0.1) is 0 Å². The minimum absolute atomic E-state index is 0.764. The van der Waals surface area contributed by atoms with E-state index in [4.69, 9.17) is 0 Å². The number of aromatic nitrogens is 3. The lowest BCUT2D eigenvalue weighted by Crippen LogP contribution is -2.03. The first-order valence-corrected chi connectivity index (χ1v) is 7.02. The largest absolute Gasteiger partial charge is 0.370 e. The number of benzene rings is 1. The minimum Gasteiger partial charge on any atom is -0.370 e. The molecule has 0 amide bonds. The minimum atomic E-state index is 0.764. The van der Waals surface area contributed by atoms with E-state index in [0.717, 1.165) is 41.1 Å². The second-order valence-corrected chi connectivity index (χ2v) is 4.74. The highest BCUT2D eigenvalue weighted by Crippen LogP contribution is 2.25. The van der Waals surface area contributed by atoms with Crippen LogP contribution in [0.25, 0.3) is 10.8 Å². The van der Waals surface area contributed by atoms with Gasteiger partial charge >= 0.3 is 0 Å². The smallest absolute Gasteiger partial charge is 0.135 e. The van der Waals surface area contributed by atoms with Crippen LogP contribution >= 0.6 is 0 Å². The predicted octanol–water partition coefficient (Wildman–Crippen LogP) is 3.59. The molecule has 21 heavy (non-hydrogen) atoms. The van der Waals surface area contributed by atoms with Crippen molar-refractivity contribution in [3.63, 3.8) is 0 Å². The Hall–Kier alpha value is -2.69. The third-order valence-corrected chi connectivity index (χ3v) is 3.17. The normalized spacial score (nSPS) is 10.5. The summed E-state index contributed by atoms with van der Waals surface area (Å²) < 4.78 is 0. The molecule has 3 aromatic rings. The summed E-state index contributed by atoms with van der Waals surface area (Å²) in [5, 5.41) is 8.80. The Morgan fingerprint density at radius 1 is 1.10 bits per heavy atom. The van der Waals surface area contributed by atoms with Crippen molar-refractivity contribution in [1.29, 1.82) is 0 Å². The Labute approximate surface area is 123 Å². The zero-order chi connectivity index (χ0) is 14.5. The van der Waals surface area contributed by atoms with E-state index in [2.05, 4.69) is 38.6 Å². The summed E-state index contributed by atoms with van der Waals surface area (Å²) in [6, 6.07) is 10.0. The standard InChI is InChI=1S/C16H17N5/c1-2-7-18-15-9-16(20-11-19-15)21-14-5-3-4-12-6-8-17-10-13(12)14/h3-6,8-11H,2,7H2,1H3,(H2,18,19,20,21). The first-order chi connectivity index (χ1) is 10.4. The lowest BCUT2D eigenvalue weighted by atomic mass is 10.1. The fourth-order valence-electron chi connectivity index (χ4n) is 2.14. The molecule has 0 atom stereocenters. The molecule has 0 unspecified atom stereocenters. The molecule has 0 aliphatic rings. The van der Waals surface area contributed by atoms with Gasteiger partial charge in [-0.05, 0) is 23.9 Å². The van der Waals surface area contributed by atoms with Gasteiger partial charge in [0.05, 0.1) is 0 Å². The number of fused-ring (bicyclic) bond motifs is 1. The highest BCUT2D eigenvalue weighted by Gasteiger charge is 2.03. The van der Waals surface area contributed by atoms with Crippen molar-refractivity contribution in [3.8, 4) is 0 Å². The Bertz CT molecular complexity index is 736. The third-order valence-electron chi connectivity index (χ3n) is 3.17. The van der Waals surface area contributed by atoms with Crippen LogP contribution in [0.5, 0.6) is 0 Å². The second-order valence-electron chi connectivity index (χ2n) is 4.74. The number of hydrogen-bond donors (Lipinski definition) is 2. The average Bonchev–Trinajstić information content (AvgIpc) is 2.54. The monoisotopic (exact) mass is 279 g/mol. The molecule has 0 bridgehead atoms. The van der Waals surface area contributed by atoms with Crippen molar-refractivity contribution in [1.82, 2.24) is 15.0 Å². The van der Waals surface area contributed by atoms with Crippen molar-refractivity contribution in [2.75, 3.05) is 17.2 Å². The fraction of sp³-hybridized carbons (Fsp3) is 0.188. The lowest BCUT2D eigenvalue weighted by molar-refractivity contribution is 0.965. The number of anilines is 3. The highest BCUT2D eigenvalue weighted by atomic mass is 15.1. The van der Waals surface area contributed by atoms with E-state index in [-0.39, 0.29) is 0 Å². The van der Waals surface area contributed by atoms with Crippen molar-refractivity contribution in [2.24, 2.45) is 0 Å². The molecule has 0 radical (unpaired) electrons. The van der Waals surface area contributed by atoms with Crippen LogP contribution in [0.2, 0.25) is 0 Å². The first-order valence-electron chi connectivity index (χ1n) is 7.02. The van der Waals surface area contributed by atoms with Gasteiger partial charge in [0.2, 0.25) is 0 Å². The van der Waals surface area contributed by atoms with Gasteiger partial charge in [-0.3, -0.25) is 4.98 Å². The summed E-state index contributed by atoms with van der Waals surface area (Å²) >= 11 is 0. The lowest BCUT2D eigenvalue weighted by Gasteiger charge is -2.10. The van der Waals surface area contributed by atoms with Crippen LogP contribution in [0.15, 0.2) is 49.1 Å². The van der Waals surface area contributed by atoms with E-state index >= 15 is 0 Å². The molecule has 0 spiro atoms. The fourth-order valence-corrected chi connectivity index (χ4v) is 2.14. The Morgan fingerprint density at radius 3 is 2.90 bits per heavy atom. The third kappa shape index (κ3) is 3.08. The second kappa shape index (κ2) is 6.17. The van der Waals surface area contributed by atoms with E-state index < -0.39 is 0 Å². The maximum atomic E-state index is 4.27. The summed E-state index contributed by atoms with van der Waals surface area (Å²) in [7, 11) is 0. The van der Waals surface area contributed by atoms with Gasteiger partial charge in [-0.1, -0.05) is 19.1 Å². The van der Waals surface area contributed by atoms with Crippen LogP contribution in [0.1, 0.15) is 13.3 Å². The van der Waals surface area contributed by atoms with Gasteiger partial charge in [0.1, 0.15) is 18.0 Å². The molecule has 0 fully saturated rings. The summed E-state index contributed by atoms with van der Waals surface area (Å²) in [5.41, 5.74) is 0.987. The maximum absolute atomic E-state index is 4.27. The first kappa shape index (κ1) is 13.3. The molecular formula is C16H17N5. The molecule has 2 heterocycles. The van der Waals surface area contributed by atoms with Gasteiger partial charge in [-0.2, -0.15) is 0 Å². The molecule has 1 aromatic carbocycles. The highest BCUT2D eigenvalue weighted by molar-refractivity contribution is 5.94. The van der Waals surface area contributed by atoms with Gasteiger partial charge in [-0.25, -0.2) is 9.97 Å². The predicted molar refractivity (Wildman–Crippen MR) is 85.8 cm³/mol. The van der Waals surface area contributed by atoms with Crippen molar-refractivity contribution in [3.05, 3.63) is 49.1 Å². The Kier molecular flexibility index (Phi) is 3.91. The van der Waals surface area contributed by atoms with E-state index in [1.54, 1.807) is 12.5 Å². The van der Waals surface area contributed by atoms with Crippen molar-refractivity contribution in [2.45, 2.75) is 13.3 Å². The average molecular weight is 279 g/mol. The maximum Gasteiger partial charge on any atom is 0.135 e. The quantitative estimate of drug-likeness (QED) is 0.747. The van der Waals surface area contributed by atoms with E-state index in [1.165, 1.54) is 0 Å². The van der Waals surface area contributed by atoms with Gasteiger partial charge in [0, 0.05) is 36.1 Å². The number of nitrogens with one attached hydrogen (secondary N) is 2. The molecule has 2 N–H and O–H groups in total. The van der Waals surface area contributed by atoms with Gasteiger partial charge in [0.25, 0.3) is 0 Å². The van der Waals surface area contributed by atoms with E-state index in [1.807, 2.05) is 30.5 Å². The van der Waals surface area contributed by atoms with Crippen LogP contribution in [0.3, 0.4) is 0 Å². The topological polar surface area (TPSA) is 62.7 Å². The molecule has 0 saturated carbocycles. The molecule has 0 aliphatic heterocycles. The summed E-state index contributed by atoms with van der Waals surface area (Å²) in [5.74, 6) is 1.59. The molecule has 0 saturated heterocycles. The van der Waals surface area contributed by atoms with Crippen LogP contribution in [0.4, 0.5) is 17.3 Å². The van der Waals surface area contributed by atoms with E-state index in [0.29, 0.717) is 0 Å². The van der Waals surface area contributed by atoms with Gasteiger partial charge in [0.15, 0.2) is 0 Å². The number of hydrogen-bond acceptors (Lipinski definition) is 5. The van der Waals surface area contributed by atoms with Crippen molar-refractivity contribution >= 4 is 28.1 Å².